The summed E-state index contributed by atoms with van der Waals surface area (Å²) in [6, 6.07) is 14.9. The quantitative estimate of drug-likeness (QED) is 0.850. The Morgan fingerprint density at radius 2 is 2.00 bits per heavy atom. The van der Waals surface area contributed by atoms with Crippen molar-refractivity contribution in [3.63, 3.8) is 0 Å². The maximum Gasteiger partial charge on any atom is 0.238 e. The van der Waals surface area contributed by atoms with Crippen LogP contribution >= 0.6 is 0 Å². The molecule has 2 aromatic carbocycles. The molecule has 0 radical (unpaired) electrons. The predicted octanol–water partition coefficient (Wildman–Crippen LogP) is 3.35. The third kappa shape index (κ3) is 4.39. The highest BCUT2D eigenvalue weighted by atomic mass is 16.5. The Morgan fingerprint density at radius 1 is 1.22 bits per heavy atom. The van der Waals surface area contributed by atoms with Crippen molar-refractivity contribution in [2.24, 2.45) is 0 Å². The van der Waals surface area contributed by atoms with Crippen LogP contribution in [-0.4, -0.2) is 38.1 Å². The number of anilines is 1. The average Bonchev–Trinajstić information content (AvgIpc) is 3.15. The van der Waals surface area contributed by atoms with Crippen LogP contribution in [0.1, 0.15) is 30.0 Å². The molecule has 1 N–H and O–H groups in total. The van der Waals surface area contributed by atoms with E-state index in [0.717, 1.165) is 36.4 Å². The van der Waals surface area contributed by atoms with E-state index in [1.807, 2.05) is 18.2 Å². The second-order valence-electron chi connectivity index (χ2n) is 6.47. The summed E-state index contributed by atoms with van der Waals surface area (Å²) >= 11 is 0. The van der Waals surface area contributed by atoms with E-state index in [2.05, 4.69) is 16.3 Å². The SMILES string of the molecule is COc1ccc([C@@H]2CCCN2CC(=O)Nc2ccc(C#N)cc2)c(OC)c1. The van der Waals surface area contributed by atoms with E-state index in [4.69, 9.17) is 14.7 Å². The number of hydrogen-bond acceptors (Lipinski definition) is 5. The number of benzene rings is 2. The topological polar surface area (TPSA) is 74.6 Å². The second kappa shape index (κ2) is 8.56. The van der Waals surface area contributed by atoms with E-state index in [9.17, 15) is 4.79 Å². The van der Waals surface area contributed by atoms with Crippen LogP contribution in [0.5, 0.6) is 11.5 Å². The van der Waals surface area contributed by atoms with Gasteiger partial charge < -0.3 is 14.8 Å². The number of carbonyl (C=O) groups excluding carboxylic acids is 1. The van der Waals surface area contributed by atoms with Crippen LogP contribution in [0, 0.1) is 11.3 Å². The van der Waals surface area contributed by atoms with Crippen LogP contribution in [0.2, 0.25) is 0 Å². The summed E-state index contributed by atoms with van der Waals surface area (Å²) < 4.78 is 10.8. The first-order chi connectivity index (χ1) is 13.1. The molecule has 0 spiro atoms. The Labute approximate surface area is 159 Å². The zero-order valence-electron chi connectivity index (χ0n) is 15.6. The molecule has 1 amide bonds. The Morgan fingerprint density at radius 3 is 2.67 bits per heavy atom. The van der Waals surface area contributed by atoms with Gasteiger partial charge in [-0.3, -0.25) is 9.69 Å². The van der Waals surface area contributed by atoms with Crippen molar-refractivity contribution in [2.75, 3.05) is 32.6 Å². The molecule has 0 aromatic heterocycles. The Balaban J connectivity index is 1.69. The molecular weight excluding hydrogens is 342 g/mol. The lowest BCUT2D eigenvalue weighted by Gasteiger charge is -2.25. The molecule has 6 nitrogen and oxygen atoms in total. The molecule has 1 heterocycles. The molecule has 6 heteroatoms. The van der Waals surface area contributed by atoms with Gasteiger partial charge in [-0.25, -0.2) is 0 Å². The summed E-state index contributed by atoms with van der Waals surface area (Å²) in [5.41, 5.74) is 2.33. The second-order valence-corrected chi connectivity index (χ2v) is 6.47. The van der Waals surface area contributed by atoms with E-state index in [1.54, 1.807) is 38.5 Å². The van der Waals surface area contributed by atoms with Gasteiger partial charge >= 0.3 is 0 Å². The summed E-state index contributed by atoms with van der Waals surface area (Å²) in [4.78, 5) is 14.7. The predicted molar refractivity (Wildman–Crippen MR) is 103 cm³/mol. The van der Waals surface area contributed by atoms with Gasteiger partial charge in [-0.05, 0) is 49.7 Å². The number of carbonyl (C=O) groups is 1. The lowest BCUT2D eigenvalue weighted by Crippen LogP contribution is -2.33. The number of nitriles is 1. The molecule has 0 saturated carbocycles. The molecule has 1 saturated heterocycles. The van der Waals surface area contributed by atoms with E-state index in [-0.39, 0.29) is 11.9 Å². The minimum atomic E-state index is -0.0703. The number of hydrogen-bond donors (Lipinski definition) is 1. The number of ether oxygens (including phenoxy) is 2. The van der Waals surface area contributed by atoms with Crippen LogP contribution in [-0.2, 0) is 4.79 Å². The van der Waals surface area contributed by atoms with Gasteiger partial charge in [0.1, 0.15) is 11.5 Å². The zero-order chi connectivity index (χ0) is 19.2. The van der Waals surface area contributed by atoms with Gasteiger partial charge in [-0.1, -0.05) is 6.07 Å². The average molecular weight is 365 g/mol. The number of amides is 1. The standard InChI is InChI=1S/C21H23N3O3/c1-26-17-9-10-18(20(12-17)27-2)19-4-3-11-24(19)14-21(25)23-16-7-5-15(13-22)6-8-16/h5-10,12,19H,3-4,11,14H2,1-2H3,(H,23,25)/t19-/m0/s1. The van der Waals surface area contributed by atoms with Crippen LogP contribution in [0.15, 0.2) is 42.5 Å². The molecule has 27 heavy (non-hydrogen) atoms. The number of nitrogens with one attached hydrogen (secondary N) is 1. The van der Waals surface area contributed by atoms with Crippen molar-refractivity contribution in [1.29, 1.82) is 5.26 Å². The Kier molecular flexibility index (Phi) is 5.94. The number of likely N-dealkylation sites (tertiary alicyclic amines) is 1. The summed E-state index contributed by atoms with van der Waals surface area (Å²) in [5.74, 6) is 1.46. The number of rotatable bonds is 6. The molecule has 3 rings (SSSR count). The maximum atomic E-state index is 12.5. The lowest BCUT2D eigenvalue weighted by molar-refractivity contribution is -0.117. The fourth-order valence-corrected chi connectivity index (χ4v) is 3.47. The molecule has 2 aromatic rings. The molecule has 1 atom stereocenters. The first kappa shape index (κ1) is 18.7. The molecule has 0 aliphatic carbocycles. The van der Waals surface area contributed by atoms with Gasteiger partial charge in [0.2, 0.25) is 5.91 Å². The molecule has 1 fully saturated rings. The summed E-state index contributed by atoms with van der Waals surface area (Å²) in [7, 11) is 3.28. The van der Waals surface area contributed by atoms with E-state index in [0.29, 0.717) is 17.8 Å². The first-order valence-electron chi connectivity index (χ1n) is 8.90. The van der Waals surface area contributed by atoms with Crippen molar-refractivity contribution in [3.8, 4) is 17.6 Å². The zero-order valence-corrected chi connectivity index (χ0v) is 15.6. The lowest BCUT2D eigenvalue weighted by atomic mass is 10.0. The number of methoxy groups -OCH3 is 2. The van der Waals surface area contributed by atoms with Crippen molar-refractivity contribution in [2.45, 2.75) is 18.9 Å². The van der Waals surface area contributed by atoms with Gasteiger partial charge in [0, 0.05) is 23.4 Å². The third-order valence-electron chi connectivity index (χ3n) is 4.81. The monoisotopic (exact) mass is 365 g/mol. The Bertz CT molecular complexity index is 843. The van der Waals surface area contributed by atoms with Crippen molar-refractivity contribution < 1.29 is 14.3 Å². The maximum absolute atomic E-state index is 12.5. The van der Waals surface area contributed by atoms with Gasteiger partial charge in [-0.2, -0.15) is 5.26 Å². The summed E-state index contributed by atoms with van der Waals surface area (Å²) in [6.07, 6.45) is 2.01. The van der Waals surface area contributed by atoms with E-state index >= 15 is 0 Å². The highest BCUT2D eigenvalue weighted by Gasteiger charge is 2.29. The highest BCUT2D eigenvalue weighted by Crippen LogP contribution is 2.38. The fraction of sp³-hybridized carbons (Fsp3) is 0.333. The van der Waals surface area contributed by atoms with Crippen LogP contribution in [0.3, 0.4) is 0 Å². The highest BCUT2D eigenvalue weighted by molar-refractivity contribution is 5.92. The summed E-state index contributed by atoms with van der Waals surface area (Å²) in [5, 5.41) is 11.7. The van der Waals surface area contributed by atoms with Crippen LogP contribution in [0.4, 0.5) is 5.69 Å². The first-order valence-corrected chi connectivity index (χ1v) is 8.90. The van der Waals surface area contributed by atoms with Gasteiger partial charge in [0.15, 0.2) is 0 Å². The molecular formula is C21H23N3O3. The van der Waals surface area contributed by atoms with Gasteiger partial charge in [0.25, 0.3) is 0 Å². The van der Waals surface area contributed by atoms with Crippen molar-refractivity contribution in [3.05, 3.63) is 53.6 Å². The van der Waals surface area contributed by atoms with Gasteiger partial charge in [-0.15, -0.1) is 0 Å². The molecule has 1 aliphatic heterocycles. The van der Waals surface area contributed by atoms with Crippen LogP contribution in [0.25, 0.3) is 0 Å². The Hall–Kier alpha value is -3.04. The van der Waals surface area contributed by atoms with E-state index < -0.39 is 0 Å². The van der Waals surface area contributed by atoms with Gasteiger partial charge in [0.05, 0.1) is 32.4 Å². The van der Waals surface area contributed by atoms with Crippen LogP contribution < -0.4 is 14.8 Å². The number of nitrogens with zero attached hydrogens (tertiary/aromatic N) is 2. The molecule has 1 aliphatic rings. The van der Waals surface area contributed by atoms with Crippen molar-refractivity contribution in [1.82, 2.24) is 4.90 Å². The normalized spacial score (nSPS) is 16.6. The van der Waals surface area contributed by atoms with Crippen molar-refractivity contribution >= 4 is 11.6 Å². The third-order valence-corrected chi connectivity index (χ3v) is 4.81. The molecule has 0 bridgehead atoms. The summed E-state index contributed by atoms with van der Waals surface area (Å²) in [6.45, 7) is 1.17. The molecule has 140 valence electrons. The van der Waals surface area contributed by atoms with E-state index in [1.165, 1.54) is 0 Å². The smallest absolute Gasteiger partial charge is 0.238 e. The minimum Gasteiger partial charge on any atom is -0.497 e. The fourth-order valence-electron chi connectivity index (χ4n) is 3.47. The molecule has 0 unspecified atom stereocenters. The minimum absolute atomic E-state index is 0.0703. The largest absolute Gasteiger partial charge is 0.497 e.